The zero-order valence-electron chi connectivity index (χ0n) is 17.4. The number of furan rings is 1. The van der Waals surface area contributed by atoms with E-state index in [-0.39, 0.29) is 11.5 Å². The molecule has 1 amide bonds. The third-order valence-electron chi connectivity index (χ3n) is 6.05. The molecule has 3 aromatic rings. The molecular weight excluding hydrogens is 370 g/mol. The molecule has 4 heterocycles. The molecule has 0 unspecified atom stereocenters. The molecule has 4 rings (SSSR count). The summed E-state index contributed by atoms with van der Waals surface area (Å²) in [5.74, 6) is 0.482. The minimum absolute atomic E-state index is 0.161. The molecule has 0 saturated carbocycles. The van der Waals surface area contributed by atoms with E-state index in [2.05, 4.69) is 22.2 Å². The topological polar surface area (TPSA) is 84.8 Å². The number of nitrogens with zero attached hydrogens (tertiary/aromatic N) is 4. The van der Waals surface area contributed by atoms with Crippen LogP contribution in [-0.2, 0) is 4.79 Å². The number of likely N-dealkylation sites (tertiary alicyclic amines) is 1. The smallest absolute Gasteiger partial charge is 0.291 e. The molecule has 8 nitrogen and oxygen atoms in total. The summed E-state index contributed by atoms with van der Waals surface area (Å²) in [5, 5.41) is 7.47. The van der Waals surface area contributed by atoms with Crippen LogP contribution in [0.1, 0.15) is 51.4 Å². The van der Waals surface area contributed by atoms with Crippen molar-refractivity contribution < 1.29 is 9.21 Å². The van der Waals surface area contributed by atoms with Crippen molar-refractivity contribution in [3.05, 3.63) is 34.6 Å². The summed E-state index contributed by atoms with van der Waals surface area (Å²) in [6.07, 6.45) is 5.79. The Morgan fingerprint density at radius 1 is 1.38 bits per heavy atom. The molecular formula is C21H29N5O3. The second kappa shape index (κ2) is 8.02. The van der Waals surface area contributed by atoms with E-state index in [1.54, 1.807) is 16.7 Å². The Morgan fingerprint density at radius 2 is 2.21 bits per heavy atom. The number of fused-ring (bicyclic) bond motifs is 3. The normalized spacial score (nSPS) is 19.1. The zero-order chi connectivity index (χ0) is 20.5. The molecule has 1 aliphatic heterocycles. The van der Waals surface area contributed by atoms with E-state index in [0.29, 0.717) is 35.9 Å². The molecule has 0 aromatic carbocycles. The van der Waals surface area contributed by atoms with Crippen molar-refractivity contribution in [2.75, 3.05) is 19.6 Å². The first kappa shape index (κ1) is 19.7. The lowest BCUT2D eigenvalue weighted by Gasteiger charge is -2.33. The van der Waals surface area contributed by atoms with Crippen molar-refractivity contribution >= 4 is 22.5 Å². The fraction of sp³-hybridized carbons (Fsp3) is 0.571. The monoisotopic (exact) mass is 399 g/mol. The lowest BCUT2D eigenvalue weighted by atomic mass is 10.0. The van der Waals surface area contributed by atoms with Gasteiger partial charge in [0.2, 0.25) is 5.91 Å². The summed E-state index contributed by atoms with van der Waals surface area (Å²) in [6.45, 7) is 8.46. The summed E-state index contributed by atoms with van der Waals surface area (Å²) in [7, 11) is 0. The van der Waals surface area contributed by atoms with Gasteiger partial charge in [-0.3, -0.25) is 18.9 Å². The van der Waals surface area contributed by atoms with Gasteiger partial charge in [0.25, 0.3) is 5.56 Å². The molecule has 0 radical (unpaired) electrons. The van der Waals surface area contributed by atoms with Crippen LogP contribution in [0, 0.1) is 6.92 Å². The molecule has 0 aliphatic carbocycles. The van der Waals surface area contributed by atoms with Crippen LogP contribution in [0.5, 0.6) is 0 Å². The number of piperidine rings is 1. The third kappa shape index (κ3) is 3.57. The Kier molecular flexibility index (Phi) is 5.45. The van der Waals surface area contributed by atoms with Crippen LogP contribution in [0.25, 0.3) is 16.6 Å². The van der Waals surface area contributed by atoms with Crippen molar-refractivity contribution in [2.45, 2.75) is 58.5 Å². The van der Waals surface area contributed by atoms with Crippen molar-refractivity contribution in [3.8, 4) is 0 Å². The van der Waals surface area contributed by atoms with Gasteiger partial charge in [-0.2, -0.15) is 5.10 Å². The molecule has 2 atom stereocenters. The maximum atomic E-state index is 13.1. The van der Waals surface area contributed by atoms with Crippen LogP contribution in [0.15, 0.2) is 27.6 Å². The maximum Gasteiger partial charge on any atom is 0.291 e. The van der Waals surface area contributed by atoms with Crippen LogP contribution in [0.2, 0.25) is 0 Å². The fourth-order valence-electron chi connectivity index (χ4n) is 4.41. The van der Waals surface area contributed by atoms with E-state index in [0.717, 1.165) is 18.6 Å². The summed E-state index contributed by atoms with van der Waals surface area (Å²) in [6, 6.07) is 3.45. The van der Waals surface area contributed by atoms with E-state index in [4.69, 9.17) is 4.42 Å². The largest absolute Gasteiger partial charge is 0.463 e. The Morgan fingerprint density at radius 3 is 2.97 bits per heavy atom. The van der Waals surface area contributed by atoms with Gasteiger partial charge in [0.15, 0.2) is 5.58 Å². The van der Waals surface area contributed by atoms with Gasteiger partial charge in [0.05, 0.1) is 11.8 Å². The van der Waals surface area contributed by atoms with Crippen molar-refractivity contribution in [1.82, 2.24) is 24.4 Å². The van der Waals surface area contributed by atoms with Gasteiger partial charge >= 0.3 is 0 Å². The summed E-state index contributed by atoms with van der Waals surface area (Å²) in [4.78, 5) is 28.3. The lowest BCUT2D eigenvalue weighted by Crippen LogP contribution is -2.45. The van der Waals surface area contributed by atoms with E-state index >= 15 is 0 Å². The highest BCUT2D eigenvalue weighted by atomic mass is 16.3. The first-order valence-electron chi connectivity index (χ1n) is 10.5. The molecule has 1 saturated heterocycles. The van der Waals surface area contributed by atoms with Gasteiger partial charge in [0, 0.05) is 31.3 Å². The minimum Gasteiger partial charge on any atom is -0.463 e. The van der Waals surface area contributed by atoms with Gasteiger partial charge in [0.1, 0.15) is 17.4 Å². The third-order valence-corrected chi connectivity index (χ3v) is 6.05. The number of rotatable bonds is 6. The minimum atomic E-state index is -0.633. The number of aromatic nitrogens is 3. The SMILES string of the molecule is CC[C@H](C(=O)NCCN1CCCC[C@@H]1C)n1nc(C)n2c(cc3occc32)c1=O. The first-order chi connectivity index (χ1) is 14.0. The molecule has 8 heteroatoms. The highest BCUT2D eigenvalue weighted by Gasteiger charge is 2.24. The second-order valence-electron chi connectivity index (χ2n) is 7.93. The van der Waals surface area contributed by atoms with Gasteiger partial charge in [-0.05, 0) is 39.7 Å². The van der Waals surface area contributed by atoms with Crippen LogP contribution in [-0.4, -0.2) is 50.7 Å². The van der Waals surface area contributed by atoms with Crippen LogP contribution in [0.4, 0.5) is 0 Å². The molecule has 156 valence electrons. The second-order valence-corrected chi connectivity index (χ2v) is 7.93. The van der Waals surface area contributed by atoms with E-state index in [1.165, 1.54) is 23.9 Å². The predicted molar refractivity (Wildman–Crippen MR) is 111 cm³/mol. The van der Waals surface area contributed by atoms with E-state index in [9.17, 15) is 9.59 Å². The number of carbonyl (C=O) groups excluding carboxylic acids is 1. The summed E-state index contributed by atoms with van der Waals surface area (Å²) in [5.41, 5.74) is 1.63. The Labute approximate surface area is 169 Å². The summed E-state index contributed by atoms with van der Waals surface area (Å²) >= 11 is 0. The van der Waals surface area contributed by atoms with Crippen molar-refractivity contribution in [2.24, 2.45) is 0 Å². The number of aryl methyl sites for hydroxylation is 1. The molecule has 1 fully saturated rings. The zero-order valence-corrected chi connectivity index (χ0v) is 17.4. The average Bonchev–Trinajstić information content (AvgIpc) is 3.29. The summed E-state index contributed by atoms with van der Waals surface area (Å²) < 4.78 is 8.53. The van der Waals surface area contributed by atoms with Crippen LogP contribution >= 0.6 is 0 Å². The number of hydrogen-bond acceptors (Lipinski definition) is 5. The molecule has 29 heavy (non-hydrogen) atoms. The number of nitrogens with one attached hydrogen (secondary N) is 1. The fourth-order valence-corrected chi connectivity index (χ4v) is 4.41. The standard InChI is InChI=1S/C21H29N5O3/c1-4-16(20(27)22-9-11-24-10-6-5-7-14(24)2)26-21(28)18-13-19-17(8-12-29-19)25(18)15(3)23-26/h8,12-14,16H,4-7,9-11H2,1-3H3,(H,22,27)/t14-,16+/m0/s1. The Balaban J connectivity index is 1.53. The molecule has 1 aliphatic rings. The van der Waals surface area contributed by atoms with E-state index in [1.807, 2.05) is 19.9 Å². The molecule has 0 spiro atoms. The highest BCUT2D eigenvalue weighted by Crippen LogP contribution is 2.21. The van der Waals surface area contributed by atoms with Crippen molar-refractivity contribution in [1.29, 1.82) is 0 Å². The predicted octanol–water partition coefficient (Wildman–Crippen LogP) is 2.49. The molecule has 1 N–H and O–H groups in total. The van der Waals surface area contributed by atoms with E-state index < -0.39 is 6.04 Å². The molecule has 0 bridgehead atoms. The first-order valence-corrected chi connectivity index (χ1v) is 10.5. The molecule has 3 aromatic heterocycles. The quantitative estimate of drug-likeness (QED) is 0.688. The Bertz CT molecular complexity index is 1080. The number of carbonyl (C=O) groups is 1. The Hall–Kier alpha value is -2.61. The average molecular weight is 399 g/mol. The van der Waals surface area contributed by atoms with Gasteiger partial charge in [-0.15, -0.1) is 0 Å². The van der Waals surface area contributed by atoms with Crippen LogP contribution < -0.4 is 10.9 Å². The highest BCUT2D eigenvalue weighted by molar-refractivity contribution is 5.83. The maximum absolute atomic E-state index is 13.1. The van der Waals surface area contributed by atoms with Crippen molar-refractivity contribution in [3.63, 3.8) is 0 Å². The van der Waals surface area contributed by atoms with Gasteiger partial charge < -0.3 is 9.73 Å². The number of amides is 1. The number of hydrogen-bond donors (Lipinski definition) is 1. The lowest BCUT2D eigenvalue weighted by molar-refractivity contribution is -0.124. The van der Waals surface area contributed by atoms with Gasteiger partial charge in [-0.1, -0.05) is 13.3 Å². The van der Waals surface area contributed by atoms with Crippen LogP contribution in [0.3, 0.4) is 0 Å². The van der Waals surface area contributed by atoms with Gasteiger partial charge in [-0.25, -0.2) is 4.68 Å².